The molecule has 1 aliphatic heterocycles. The van der Waals surface area contributed by atoms with Crippen LogP contribution in [0, 0.1) is 0 Å². The number of likely N-dealkylation sites (N-methyl/N-ethyl adjacent to an activating group) is 1. The molecule has 166 valence electrons. The lowest BCUT2D eigenvalue weighted by atomic mass is 10.1. The Bertz CT molecular complexity index is 1220. The highest BCUT2D eigenvalue weighted by Gasteiger charge is 2.32. The van der Waals surface area contributed by atoms with Crippen LogP contribution in [-0.2, 0) is 11.4 Å². The summed E-state index contributed by atoms with van der Waals surface area (Å²) >= 11 is 1.29. The fourth-order valence-electron chi connectivity index (χ4n) is 3.27. The second kappa shape index (κ2) is 10.2. The molecule has 1 N–H and O–H groups in total. The molecule has 0 bridgehead atoms. The van der Waals surface area contributed by atoms with Gasteiger partial charge in [0.05, 0.1) is 16.2 Å². The molecule has 1 saturated heterocycles. The van der Waals surface area contributed by atoms with Crippen molar-refractivity contribution < 1.29 is 19.4 Å². The Morgan fingerprint density at radius 1 is 1.03 bits per heavy atom. The van der Waals surface area contributed by atoms with E-state index >= 15 is 0 Å². The first-order chi connectivity index (χ1) is 16.0. The summed E-state index contributed by atoms with van der Waals surface area (Å²) in [6.45, 7) is 2.80. The molecule has 1 amide bonds. The Morgan fingerprint density at radius 3 is 2.42 bits per heavy atom. The molecule has 0 unspecified atom stereocenters. The highest BCUT2D eigenvalue weighted by molar-refractivity contribution is 8.18. The predicted molar refractivity (Wildman–Crippen MR) is 131 cm³/mol. The summed E-state index contributed by atoms with van der Waals surface area (Å²) in [5, 5.41) is 9.62. The van der Waals surface area contributed by atoms with Crippen LogP contribution in [0.4, 0.5) is 5.69 Å². The number of aromatic carboxylic acids is 1. The van der Waals surface area contributed by atoms with Crippen LogP contribution in [-0.4, -0.2) is 33.6 Å². The Hall–Kier alpha value is -3.84. The van der Waals surface area contributed by atoms with Crippen LogP contribution >= 0.6 is 11.8 Å². The minimum Gasteiger partial charge on any atom is -0.488 e. The molecule has 4 rings (SSSR count). The van der Waals surface area contributed by atoms with E-state index in [-0.39, 0.29) is 11.5 Å². The quantitative estimate of drug-likeness (QED) is 0.467. The van der Waals surface area contributed by atoms with Crippen molar-refractivity contribution in [3.63, 3.8) is 0 Å². The van der Waals surface area contributed by atoms with Crippen LogP contribution < -0.4 is 4.74 Å². The number of carboxylic acid groups (broad SMARTS) is 1. The second-order valence-electron chi connectivity index (χ2n) is 7.22. The summed E-state index contributed by atoms with van der Waals surface area (Å²) in [5.74, 6) is -0.422. The van der Waals surface area contributed by atoms with Gasteiger partial charge in [-0.1, -0.05) is 48.5 Å². The van der Waals surface area contributed by atoms with Gasteiger partial charge >= 0.3 is 5.97 Å². The Kier molecular flexibility index (Phi) is 6.90. The monoisotopic (exact) mass is 458 g/mol. The number of amides is 1. The lowest BCUT2D eigenvalue weighted by Gasteiger charge is -2.12. The fraction of sp³-hybridized carbons (Fsp3) is 0.115. The van der Waals surface area contributed by atoms with Crippen LogP contribution in [0.25, 0.3) is 6.08 Å². The third-order valence-electron chi connectivity index (χ3n) is 4.99. The molecule has 0 radical (unpaired) electrons. The van der Waals surface area contributed by atoms with Gasteiger partial charge in [-0.15, -0.1) is 0 Å². The molecule has 0 spiro atoms. The number of hydrogen-bond donors (Lipinski definition) is 1. The molecule has 0 aliphatic carbocycles. The van der Waals surface area contributed by atoms with Crippen molar-refractivity contribution in [2.75, 3.05) is 6.54 Å². The highest BCUT2D eigenvalue weighted by Crippen LogP contribution is 2.35. The molecule has 7 heteroatoms. The van der Waals surface area contributed by atoms with Crippen molar-refractivity contribution in [3.8, 4) is 5.75 Å². The number of thioether (sulfide) groups is 1. The summed E-state index contributed by atoms with van der Waals surface area (Å²) in [6.07, 6.45) is 1.83. The summed E-state index contributed by atoms with van der Waals surface area (Å²) in [7, 11) is 0. The van der Waals surface area contributed by atoms with Crippen molar-refractivity contribution in [2.45, 2.75) is 13.5 Å². The number of rotatable bonds is 7. The highest BCUT2D eigenvalue weighted by atomic mass is 32.2. The first-order valence-corrected chi connectivity index (χ1v) is 11.3. The van der Waals surface area contributed by atoms with E-state index in [2.05, 4.69) is 4.99 Å². The Morgan fingerprint density at radius 2 is 1.73 bits per heavy atom. The lowest BCUT2D eigenvalue weighted by Crippen LogP contribution is -2.28. The molecule has 3 aromatic carbocycles. The molecule has 6 nitrogen and oxygen atoms in total. The zero-order valence-corrected chi connectivity index (χ0v) is 18.8. The molecule has 1 aliphatic rings. The summed E-state index contributed by atoms with van der Waals surface area (Å²) in [6, 6.07) is 23.8. The van der Waals surface area contributed by atoms with Gasteiger partial charge in [0.25, 0.3) is 5.91 Å². The molecule has 1 fully saturated rings. The van der Waals surface area contributed by atoms with E-state index in [1.807, 2.05) is 67.6 Å². The van der Waals surface area contributed by atoms with Crippen molar-refractivity contribution in [3.05, 3.63) is 100 Å². The SMILES string of the molecule is CCN1C(=O)/C(=C/c2ccccc2OCc2ccccc2)SC1=Nc1ccc(C(=O)O)cc1. The van der Waals surface area contributed by atoms with Gasteiger partial charge in [-0.3, -0.25) is 9.69 Å². The number of carbonyl (C=O) groups is 2. The topological polar surface area (TPSA) is 79.2 Å². The first kappa shape index (κ1) is 22.4. The van der Waals surface area contributed by atoms with Crippen LogP contribution in [0.15, 0.2) is 88.8 Å². The Balaban J connectivity index is 1.57. The second-order valence-corrected chi connectivity index (χ2v) is 8.23. The number of aliphatic imine (C=N–C) groups is 1. The normalized spacial score (nSPS) is 15.9. The van der Waals surface area contributed by atoms with Gasteiger partial charge in [-0.25, -0.2) is 9.79 Å². The van der Waals surface area contributed by atoms with E-state index in [1.54, 1.807) is 17.0 Å². The van der Waals surface area contributed by atoms with Crippen LogP contribution in [0.1, 0.15) is 28.4 Å². The van der Waals surface area contributed by atoms with E-state index in [4.69, 9.17) is 9.84 Å². The number of ether oxygens (including phenoxy) is 1. The average Bonchev–Trinajstić information content (AvgIpc) is 3.13. The number of carbonyl (C=O) groups excluding carboxylic acids is 1. The van der Waals surface area contributed by atoms with Gasteiger partial charge < -0.3 is 9.84 Å². The van der Waals surface area contributed by atoms with E-state index < -0.39 is 5.97 Å². The van der Waals surface area contributed by atoms with Gasteiger partial charge in [-0.2, -0.15) is 0 Å². The molecular weight excluding hydrogens is 436 g/mol. The number of carboxylic acids is 1. The minimum absolute atomic E-state index is 0.124. The van der Waals surface area contributed by atoms with Crippen molar-refractivity contribution in [1.82, 2.24) is 4.90 Å². The molecule has 3 aromatic rings. The molecule has 0 saturated carbocycles. The number of para-hydroxylation sites is 1. The van der Waals surface area contributed by atoms with Crippen LogP contribution in [0.5, 0.6) is 5.75 Å². The number of nitrogens with zero attached hydrogens (tertiary/aromatic N) is 2. The lowest BCUT2D eigenvalue weighted by molar-refractivity contribution is -0.122. The van der Waals surface area contributed by atoms with Gasteiger partial charge in [0.1, 0.15) is 12.4 Å². The maximum Gasteiger partial charge on any atom is 0.335 e. The van der Waals surface area contributed by atoms with Gasteiger partial charge in [0, 0.05) is 12.1 Å². The summed E-state index contributed by atoms with van der Waals surface area (Å²) < 4.78 is 6.02. The number of amidine groups is 1. The maximum atomic E-state index is 13.0. The van der Waals surface area contributed by atoms with Gasteiger partial charge in [0.2, 0.25) is 0 Å². The molecule has 0 aromatic heterocycles. The number of benzene rings is 3. The predicted octanol–water partition coefficient (Wildman–Crippen LogP) is 5.59. The van der Waals surface area contributed by atoms with Crippen LogP contribution in [0.3, 0.4) is 0 Å². The third kappa shape index (κ3) is 5.32. The van der Waals surface area contributed by atoms with E-state index in [1.165, 1.54) is 23.9 Å². The van der Waals surface area contributed by atoms with Crippen molar-refractivity contribution >= 4 is 40.6 Å². The standard InChI is InChI=1S/C26H22N2O4S/c1-2-28-24(29)23(33-26(28)27-21-14-12-19(13-15-21)25(30)31)16-20-10-6-7-11-22(20)32-17-18-8-4-3-5-9-18/h3-16H,2,17H2,1H3,(H,30,31)/b23-16-,27-26?. The number of hydrogen-bond acceptors (Lipinski definition) is 5. The minimum atomic E-state index is -0.992. The van der Waals surface area contributed by atoms with Crippen LogP contribution in [0.2, 0.25) is 0 Å². The largest absolute Gasteiger partial charge is 0.488 e. The smallest absolute Gasteiger partial charge is 0.335 e. The average molecular weight is 459 g/mol. The first-order valence-electron chi connectivity index (χ1n) is 10.4. The molecule has 0 atom stereocenters. The summed E-state index contributed by atoms with van der Waals surface area (Å²) in [5.41, 5.74) is 2.65. The van der Waals surface area contributed by atoms with Gasteiger partial charge in [0.15, 0.2) is 5.17 Å². The zero-order valence-electron chi connectivity index (χ0n) is 18.0. The zero-order chi connectivity index (χ0) is 23.2. The van der Waals surface area contributed by atoms with E-state index in [9.17, 15) is 9.59 Å². The van der Waals surface area contributed by atoms with E-state index in [0.29, 0.717) is 34.7 Å². The Labute approximate surface area is 196 Å². The third-order valence-corrected chi connectivity index (χ3v) is 5.99. The fourth-order valence-corrected chi connectivity index (χ4v) is 4.32. The molecular formula is C26H22N2O4S. The molecule has 33 heavy (non-hydrogen) atoms. The van der Waals surface area contributed by atoms with Crippen molar-refractivity contribution in [1.29, 1.82) is 0 Å². The van der Waals surface area contributed by atoms with Gasteiger partial charge in [-0.05, 0) is 60.7 Å². The summed E-state index contributed by atoms with van der Waals surface area (Å²) in [4.78, 5) is 30.8. The van der Waals surface area contributed by atoms with Crippen molar-refractivity contribution in [2.24, 2.45) is 4.99 Å². The van der Waals surface area contributed by atoms with E-state index in [0.717, 1.165) is 11.1 Å². The maximum absolute atomic E-state index is 13.0. The molecule has 1 heterocycles.